The monoisotopic (exact) mass is 655 g/mol. The number of aromatic carboxylic acids is 1. The van der Waals surface area contributed by atoms with Crippen LogP contribution in [0.2, 0.25) is 0 Å². The minimum Gasteiger partial charge on any atom is -1.00 e. The molecule has 224 valence electrons. The van der Waals surface area contributed by atoms with Gasteiger partial charge in [-0.15, -0.1) is 0 Å². The van der Waals surface area contributed by atoms with E-state index in [-0.39, 0.29) is 134 Å². The minimum atomic E-state index is -1.16. The van der Waals surface area contributed by atoms with Crippen LogP contribution in [0.25, 0.3) is 16.4 Å². The number of carbonyl (C=O) groups excluding carboxylic acids is 2. The fraction of sp³-hybridized carbons (Fsp3) is 0.346. The molecule has 3 N–H and O–H groups in total. The van der Waals surface area contributed by atoms with E-state index in [4.69, 9.17) is 34.3 Å². The number of aliphatic hydroxyl groups is 1. The van der Waals surface area contributed by atoms with Crippen molar-refractivity contribution in [3.63, 3.8) is 0 Å². The van der Waals surface area contributed by atoms with Crippen LogP contribution in [0.3, 0.4) is 0 Å². The Balaban J connectivity index is 0. The van der Waals surface area contributed by atoms with Crippen molar-refractivity contribution in [3.8, 4) is 11.5 Å². The van der Waals surface area contributed by atoms with Gasteiger partial charge in [-0.2, -0.15) is 5.10 Å². The fourth-order valence-electron chi connectivity index (χ4n) is 2.81. The van der Waals surface area contributed by atoms with Crippen molar-refractivity contribution in [2.24, 2.45) is 0 Å². The van der Waals surface area contributed by atoms with E-state index in [1.807, 2.05) is 0 Å². The van der Waals surface area contributed by atoms with E-state index in [0.29, 0.717) is 27.7 Å². The zero-order chi connectivity index (χ0) is 30.8. The molecule has 17 heteroatoms. The van der Waals surface area contributed by atoms with Crippen LogP contribution in [0, 0.1) is 0 Å². The van der Waals surface area contributed by atoms with E-state index in [2.05, 4.69) is 33.7 Å². The van der Waals surface area contributed by atoms with Gasteiger partial charge in [0.2, 0.25) is 0 Å². The number of benzene rings is 1. The van der Waals surface area contributed by atoms with Crippen molar-refractivity contribution in [1.82, 2.24) is 14.8 Å². The quantitative estimate of drug-likeness (QED) is 0.0449. The van der Waals surface area contributed by atoms with Crippen molar-refractivity contribution in [2.45, 2.75) is 38.9 Å². The van der Waals surface area contributed by atoms with E-state index in [1.165, 1.54) is 30.1 Å². The predicted molar refractivity (Wildman–Crippen MR) is 139 cm³/mol. The largest absolute Gasteiger partial charge is 1.00 e. The number of carboxylic acid groups (broad SMARTS) is 1. The Bertz CT molecular complexity index is 1480. The Morgan fingerprint density at radius 1 is 1.23 bits per heavy atom. The maximum Gasteiger partial charge on any atom is 1.00 e. The molecule has 43 heavy (non-hydrogen) atoms. The first-order chi connectivity index (χ1) is 19.2. The van der Waals surface area contributed by atoms with E-state index in [0.717, 1.165) is 6.61 Å². The van der Waals surface area contributed by atoms with Gasteiger partial charge in [-0.05, 0) is 52.0 Å². The average Bonchev–Trinajstić information content (AvgIpc) is 3.29. The molecule has 0 atom stereocenters. The van der Waals surface area contributed by atoms with Gasteiger partial charge < -0.3 is 45.6 Å². The number of carboxylic acids is 1. The van der Waals surface area contributed by atoms with Gasteiger partial charge in [-0.1, -0.05) is 5.16 Å². The molecule has 1 aromatic carbocycles. The second kappa shape index (κ2) is 19.1. The summed E-state index contributed by atoms with van der Waals surface area (Å²) in [6, 6.07) is 7.84. The molecule has 1 saturated heterocycles. The Hall–Kier alpha value is -1.46. The molecule has 15 nitrogen and oxygen atoms in total. The molecule has 0 spiro atoms. The standard InChI is InChI=1S/C12H13NO5.C9H8N2O3.C4H8O.CH2O3.2K.H/c1-12(2,16)6-17-7-3-4-8-9(5-7)13-18-10(8)11(14)15;1-14-9(13)7-4-10-11-5-6(12)2-3-8(7)11;1-4(2)3-5-4;2-1-4-3;;;/h3-5,16H,6H2,1-2H3,(H,14,15);2-5,12H,1H3;3H2,1-2H3;1,3H;;;/q;;;;2*+1;-1/p-1. The Morgan fingerprint density at radius 3 is 2.33 bits per heavy atom. The molecule has 1 aliphatic rings. The number of pyridine rings is 1. The molecule has 0 unspecified atom stereocenters. The van der Waals surface area contributed by atoms with Gasteiger partial charge in [-0.3, -0.25) is 4.79 Å². The number of esters is 1. The van der Waals surface area contributed by atoms with Crippen molar-refractivity contribution >= 4 is 34.8 Å². The second-order valence-electron chi connectivity index (χ2n) is 9.60. The van der Waals surface area contributed by atoms with Gasteiger partial charge in [-0.25, -0.2) is 14.1 Å². The molecule has 0 bridgehead atoms. The fourth-order valence-corrected chi connectivity index (χ4v) is 2.81. The van der Waals surface area contributed by atoms with Crippen molar-refractivity contribution in [2.75, 3.05) is 20.3 Å². The maximum atomic E-state index is 11.2. The molecular weight excluding hydrogens is 624 g/mol. The van der Waals surface area contributed by atoms with E-state index < -0.39 is 17.5 Å². The molecule has 4 heterocycles. The SMILES string of the molecule is CC(C)(O)COc1ccc2c(C(=O)O)onc2c1.CC1(C)CO1.COC(=O)c1cnn2cc(O)ccc12.O=CO[O-].[H-].[K+].[K+]. The summed E-state index contributed by atoms with van der Waals surface area (Å²) in [6.07, 6.45) is 2.82. The van der Waals surface area contributed by atoms with Crippen molar-refractivity contribution < 1.29 is 163 Å². The number of aromatic hydroxyl groups is 1. The minimum absolute atomic E-state index is 0. The van der Waals surface area contributed by atoms with Gasteiger partial charge in [0, 0.05) is 6.07 Å². The Kier molecular flexibility index (Phi) is 18.5. The molecule has 4 aromatic rings. The molecule has 3 aromatic heterocycles. The van der Waals surface area contributed by atoms with E-state index in [1.54, 1.807) is 38.1 Å². The van der Waals surface area contributed by atoms with E-state index >= 15 is 0 Å². The van der Waals surface area contributed by atoms with Crippen LogP contribution >= 0.6 is 0 Å². The van der Waals surface area contributed by atoms with Gasteiger partial charge in [0.15, 0.2) is 0 Å². The molecule has 0 saturated carbocycles. The van der Waals surface area contributed by atoms with Crippen LogP contribution in [0.4, 0.5) is 0 Å². The number of nitrogens with zero attached hydrogens (tertiary/aromatic N) is 3. The number of methoxy groups -OCH3 is 1. The number of fused-ring (bicyclic) bond motifs is 2. The number of ether oxygens (including phenoxy) is 3. The second-order valence-corrected chi connectivity index (χ2v) is 9.60. The number of carbonyl (C=O) groups is 3. The third kappa shape index (κ3) is 14.5. The predicted octanol–water partition coefficient (Wildman–Crippen LogP) is -4.15. The molecule has 1 aliphatic heterocycles. The van der Waals surface area contributed by atoms with Crippen molar-refractivity contribution in [3.05, 3.63) is 54.0 Å². The number of aromatic nitrogens is 3. The van der Waals surface area contributed by atoms with Crippen LogP contribution in [0.1, 0.15) is 50.0 Å². The van der Waals surface area contributed by atoms with Gasteiger partial charge in [0.25, 0.3) is 12.2 Å². The molecule has 0 radical (unpaired) electrons. The zero-order valence-electron chi connectivity index (χ0n) is 25.9. The summed E-state index contributed by atoms with van der Waals surface area (Å²) in [7, 11) is 1.31. The first-order valence-electron chi connectivity index (χ1n) is 11.8. The first kappa shape index (κ1) is 41.5. The maximum absolute atomic E-state index is 11.2. The third-order valence-electron chi connectivity index (χ3n) is 4.90. The summed E-state index contributed by atoms with van der Waals surface area (Å²) in [5.74, 6) is -1.21. The third-order valence-corrected chi connectivity index (χ3v) is 4.90. The normalized spacial score (nSPS) is 12.3. The molecule has 0 amide bonds. The Morgan fingerprint density at radius 2 is 1.84 bits per heavy atom. The average molecular weight is 656 g/mol. The summed E-state index contributed by atoms with van der Waals surface area (Å²) in [5, 5.41) is 43.9. The summed E-state index contributed by atoms with van der Waals surface area (Å²) < 4.78 is 21.0. The molecule has 0 aliphatic carbocycles. The summed E-state index contributed by atoms with van der Waals surface area (Å²) in [5.41, 5.74) is 0.702. The number of epoxide rings is 1. The van der Waals surface area contributed by atoms with E-state index in [9.17, 15) is 14.7 Å². The zero-order valence-corrected chi connectivity index (χ0v) is 31.1. The van der Waals surface area contributed by atoms with Gasteiger partial charge in [0.1, 0.15) is 29.2 Å². The number of hydrogen-bond acceptors (Lipinski definition) is 13. The Labute approximate surface area is 332 Å². The molecule has 1 fully saturated rings. The van der Waals surface area contributed by atoms with Crippen LogP contribution < -0.4 is 113 Å². The summed E-state index contributed by atoms with van der Waals surface area (Å²) in [6.45, 7) is 8.31. The summed E-state index contributed by atoms with van der Waals surface area (Å²) >= 11 is 0. The first-order valence-corrected chi connectivity index (χ1v) is 11.8. The number of hydrogen-bond donors (Lipinski definition) is 3. The summed E-state index contributed by atoms with van der Waals surface area (Å²) in [4.78, 5) is 33.3. The van der Waals surface area contributed by atoms with Crippen molar-refractivity contribution in [1.29, 1.82) is 0 Å². The molecule has 5 rings (SSSR count). The molecular formula is C26H31K2N3O12. The van der Waals surface area contributed by atoms with Gasteiger partial charge >= 0.3 is 115 Å². The van der Waals surface area contributed by atoms with Crippen LogP contribution in [-0.4, -0.2) is 80.0 Å². The van der Waals surface area contributed by atoms with Gasteiger partial charge in [0.05, 0.1) is 48.2 Å². The topological polar surface area (TPSA) is 219 Å². The number of rotatable bonds is 6. The van der Waals surface area contributed by atoms with Crippen LogP contribution in [0.5, 0.6) is 11.5 Å². The van der Waals surface area contributed by atoms with Crippen LogP contribution in [0.15, 0.2) is 47.2 Å². The smallest absolute Gasteiger partial charge is 1.00 e. The van der Waals surface area contributed by atoms with Crippen LogP contribution in [-0.2, 0) is 19.2 Å².